The quantitative estimate of drug-likeness (QED) is 0.0731. The number of nitrogens with one attached hydrogen (secondary N) is 1. The van der Waals surface area contributed by atoms with Crippen molar-refractivity contribution in [2.75, 3.05) is 112 Å². The van der Waals surface area contributed by atoms with Gasteiger partial charge >= 0.3 is 11.9 Å². The first-order valence-electron chi connectivity index (χ1n) is 13.0. The van der Waals surface area contributed by atoms with Crippen molar-refractivity contribution in [2.45, 2.75) is 25.3 Å². The summed E-state index contributed by atoms with van der Waals surface area (Å²) in [5.41, 5.74) is 5.34. The van der Waals surface area contributed by atoms with Crippen molar-refractivity contribution in [3.63, 3.8) is 0 Å². The molecule has 0 saturated heterocycles. The molecule has 0 aromatic rings. The topological polar surface area (TPSA) is 204 Å². The third-order valence-corrected chi connectivity index (χ3v) is 4.63. The third kappa shape index (κ3) is 30.4. The van der Waals surface area contributed by atoms with Gasteiger partial charge in [0.2, 0.25) is 5.91 Å². The van der Waals surface area contributed by atoms with E-state index >= 15 is 0 Å². The van der Waals surface area contributed by atoms with Gasteiger partial charge in [0, 0.05) is 13.0 Å². The molecule has 1 amide bonds. The fourth-order valence-corrected chi connectivity index (χ4v) is 2.56. The fourth-order valence-electron chi connectivity index (χ4n) is 2.56. The molecule has 0 saturated carbocycles. The van der Waals surface area contributed by atoms with Crippen LogP contribution in [0.3, 0.4) is 0 Å². The highest BCUT2D eigenvalue weighted by atomic mass is 16.6. The number of nitrogens with two attached hydrogens (primary N) is 1. The van der Waals surface area contributed by atoms with E-state index in [1.165, 1.54) is 0 Å². The molecule has 0 aliphatic heterocycles. The van der Waals surface area contributed by atoms with Crippen LogP contribution in [0.15, 0.2) is 0 Å². The third-order valence-electron chi connectivity index (χ3n) is 4.63. The van der Waals surface area contributed by atoms with Gasteiger partial charge in [-0.15, -0.1) is 0 Å². The largest absolute Gasteiger partial charge is 0.481 e. The number of hydrogen-bond donors (Lipinski definition) is 4. The summed E-state index contributed by atoms with van der Waals surface area (Å²) >= 11 is 0. The zero-order valence-corrected chi connectivity index (χ0v) is 22.7. The molecule has 15 heteroatoms. The van der Waals surface area contributed by atoms with E-state index in [4.69, 9.17) is 53.8 Å². The number of carbonyl (C=O) groups is 3. The van der Waals surface area contributed by atoms with Gasteiger partial charge in [-0.25, -0.2) is 0 Å². The van der Waals surface area contributed by atoms with Gasteiger partial charge in [-0.3, -0.25) is 14.4 Å². The molecule has 15 nitrogen and oxygen atoms in total. The smallest absolute Gasteiger partial charge is 0.320 e. The number of carboxylic acids is 2. The Bertz CT molecular complexity index is 598. The Morgan fingerprint density at radius 2 is 0.872 bits per heavy atom. The molecule has 0 radical (unpaired) electrons. The van der Waals surface area contributed by atoms with Crippen molar-refractivity contribution in [1.29, 1.82) is 0 Å². The first-order valence-corrected chi connectivity index (χ1v) is 13.0. The van der Waals surface area contributed by atoms with Crippen LogP contribution in [0.5, 0.6) is 0 Å². The molecule has 5 N–H and O–H groups in total. The van der Waals surface area contributed by atoms with Gasteiger partial charge in [0.05, 0.1) is 112 Å². The number of aliphatic carboxylic acids is 2. The summed E-state index contributed by atoms with van der Waals surface area (Å²) in [4.78, 5) is 32.4. The van der Waals surface area contributed by atoms with E-state index in [0.29, 0.717) is 106 Å². The van der Waals surface area contributed by atoms with Gasteiger partial charge < -0.3 is 59.2 Å². The lowest BCUT2D eigenvalue weighted by atomic mass is 10.1. The first-order chi connectivity index (χ1) is 18.9. The maximum Gasteiger partial charge on any atom is 0.320 e. The number of rotatable bonds is 31. The Labute approximate surface area is 229 Å². The Morgan fingerprint density at radius 3 is 1.21 bits per heavy atom. The standard InChI is InChI=1S/C24H46N2O13/c25-21(24(30)31)1-2-22(27)26-4-6-33-8-10-35-12-14-37-16-18-39-20-19-38-17-15-36-13-11-34-9-7-32-5-3-23(28)29/h21H,1-20,25H2,(H,26,27)(H,28,29)(H,30,31)/t21-/m0/s1. The first kappa shape index (κ1) is 37.0. The van der Waals surface area contributed by atoms with E-state index in [9.17, 15) is 14.4 Å². The fraction of sp³-hybridized carbons (Fsp3) is 0.875. The Morgan fingerprint density at radius 1 is 0.538 bits per heavy atom. The van der Waals surface area contributed by atoms with Crippen molar-refractivity contribution in [2.24, 2.45) is 5.73 Å². The van der Waals surface area contributed by atoms with Crippen molar-refractivity contribution in [1.82, 2.24) is 5.32 Å². The number of hydrogen-bond acceptors (Lipinski definition) is 12. The van der Waals surface area contributed by atoms with E-state index in [1.807, 2.05) is 0 Å². The molecule has 0 rings (SSSR count). The Kier molecular flexibility index (Phi) is 27.6. The van der Waals surface area contributed by atoms with Crippen LogP contribution in [0.2, 0.25) is 0 Å². The summed E-state index contributed by atoms with van der Waals surface area (Å²) in [6.07, 6.45) is 0.135. The minimum atomic E-state index is -1.12. The molecule has 0 aromatic carbocycles. The van der Waals surface area contributed by atoms with Crippen LogP contribution < -0.4 is 11.1 Å². The highest BCUT2D eigenvalue weighted by molar-refractivity contribution is 5.78. The van der Waals surface area contributed by atoms with Crippen LogP contribution in [0.1, 0.15) is 19.3 Å². The predicted octanol–water partition coefficient (Wildman–Crippen LogP) is -1.10. The second-order valence-corrected chi connectivity index (χ2v) is 7.88. The maximum absolute atomic E-state index is 11.5. The van der Waals surface area contributed by atoms with Gasteiger partial charge in [0.25, 0.3) is 0 Å². The van der Waals surface area contributed by atoms with Crippen LogP contribution in [-0.2, 0) is 52.3 Å². The van der Waals surface area contributed by atoms with Gasteiger partial charge in [0.1, 0.15) is 6.04 Å². The summed E-state index contributed by atoms with van der Waals surface area (Å²) in [5, 5.41) is 19.7. The van der Waals surface area contributed by atoms with E-state index in [0.717, 1.165) is 0 Å². The molecular formula is C24H46N2O13. The minimum absolute atomic E-state index is 0.0119. The maximum atomic E-state index is 11.5. The number of carbonyl (C=O) groups excluding carboxylic acids is 1. The lowest BCUT2D eigenvalue weighted by Crippen LogP contribution is -2.33. The molecule has 0 unspecified atom stereocenters. The number of carboxylic acid groups (broad SMARTS) is 2. The second kappa shape index (κ2) is 29.0. The van der Waals surface area contributed by atoms with Crippen LogP contribution in [0.4, 0.5) is 0 Å². The molecule has 0 bridgehead atoms. The number of amides is 1. The summed E-state index contributed by atoms with van der Waals surface area (Å²) in [6.45, 7) is 6.84. The molecule has 0 heterocycles. The van der Waals surface area contributed by atoms with Crippen LogP contribution in [-0.4, -0.2) is 146 Å². The molecule has 230 valence electrons. The molecule has 1 atom stereocenters. The zero-order valence-electron chi connectivity index (χ0n) is 22.7. The van der Waals surface area contributed by atoms with Crippen LogP contribution >= 0.6 is 0 Å². The van der Waals surface area contributed by atoms with Gasteiger partial charge in [0.15, 0.2) is 0 Å². The lowest BCUT2D eigenvalue weighted by Gasteiger charge is -2.09. The zero-order chi connectivity index (χ0) is 28.8. The SMILES string of the molecule is N[C@@H](CCC(=O)NCCOCCOCCOCCOCCOCCOCCOCCOCCC(=O)O)C(=O)O. The predicted molar refractivity (Wildman–Crippen MR) is 137 cm³/mol. The van der Waals surface area contributed by atoms with Crippen molar-refractivity contribution < 1.29 is 62.5 Å². The highest BCUT2D eigenvalue weighted by Gasteiger charge is 2.13. The molecule has 0 aliphatic rings. The molecule has 0 aromatic heterocycles. The van der Waals surface area contributed by atoms with Crippen molar-refractivity contribution >= 4 is 17.8 Å². The van der Waals surface area contributed by atoms with E-state index in [-0.39, 0.29) is 31.8 Å². The van der Waals surface area contributed by atoms with E-state index in [2.05, 4.69) is 5.32 Å². The van der Waals surface area contributed by atoms with E-state index < -0.39 is 18.0 Å². The average molecular weight is 571 g/mol. The van der Waals surface area contributed by atoms with Gasteiger partial charge in [-0.2, -0.15) is 0 Å². The summed E-state index contributed by atoms with van der Waals surface area (Å²) in [5.74, 6) is -2.27. The number of ether oxygens (including phenoxy) is 8. The van der Waals surface area contributed by atoms with Crippen molar-refractivity contribution in [3.8, 4) is 0 Å². The lowest BCUT2D eigenvalue weighted by molar-refractivity contribution is -0.139. The van der Waals surface area contributed by atoms with Gasteiger partial charge in [-0.1, -0.05) is 0 Å². The summed E-state index contributed by atoms with van der Waals surface area (Å²) in [6, 6.07) is -1.03. The van der Waals surface area contributed by atoms with E-state index in [1.54, 1.807) is 0 Å². The Hall–Kier alpha value is -1.95. The molecular weight excluding hydrogens is 524 g/mol. The van der Waals surface area contributed by atoms with Crippen LogP contribution in [0.25, 0.3) is 0 Å². The molecule has 39 heavy (non-hydrogen) atoms. The Balaban J connectivity index is 3.14. The van der Waals surface area contributed by atoms with Crippen molar-refractivity contribution in [3.05, 3.63) is 0 Å². The van der Waals surface area contributed by atoms with Crippen LogP contribution in [0, 0.1) is 0 Å². The highest BCUT2D eigenvalue weighted by Crippen LogP contribution is 1.94. The normalized spacial score (nSPS) is 11.9. The molecule has 0 aliphatic carbocycles. The monoisotopic (exact) mass is 570 g/mol. The molecule has 0 spiro atoms. The molecule has 0 fully saturated rings. The summed E-state index contributed by atoms with van der Waals surface area (Å²) < 4.78 is 42.7. The van der Waals surface area contributed by atoms with Gasteiger partial charge in [-0.05, 0) is 6.42 Å². The average Bonchev–Trinajstić information content (AvgIpc) is 2.90. The summed E-state index contributed by atoms with van der Waals surface area (Å²) in [7, 11) is 0. The minimum Gasteiger partial charge on any atom is -0.481 e. The second-order valence-electron chi connectivity index (χ2n) is 7.88.